The number of hydrogen-bond donors (Lipinski definition) is 3. The zero-order valence-electron chi connectivity index (χ0n) is 17.8. The second-order valence-electron chi connectivity index (χ2n) is 8.11. The fourth-order valence-corrected chi connectivity index (χ4v) is 2.35. The maximum Gasteiger partial charge on any atom is 0.408 e. The normalized spacial score (nSPS) is 13.5. The summed E-state index contributed by atoms with van der Waals surface area (Å²) in [5.74, 6) is 1.05. The van der Waals surface area contributed by atoms with Gasteiger partial charge in [-0.1, -0.05) is 26.0 Å². The number of nitrogens with zero attached hydrogens (tertiary/aromatic N) is 2. The minimum Gasteiger partial charge on any atom is -0.444 e. The average Bonchev–Trinajstić information content (AvgIpc) is 2.61. The molecule has 0 fully saturated rings. The number of aliphatic hydroxyl groups excluding tert-OH is 1. The van der Waals surface area contributed by atoms with Crippen LogP contribution in [0.3, 0.4) is 0 Å². The molecule has 0 spiro atoms. The Morgan fingerprint density at radius 3 is 2.38 bits per heavy atom. The van der Waals surface area contributed by atoms with Gasteiger partial charge in [0.25, 0.3) is 0 Å². The van der Waals surface area contributed by atoms with Gasteiger partial charge >= 0.3 is 12.1 Å². The molecule has 0 aliphatic carbocycles. The smallest absolute Gasteiger partial charge is 0.408 e. The standard InChI is InChI=1S/C21H30N4O4/c1-13(2)15-8-7-9-17(10-15)28-19-22-11-16(12-23-19)25-18(26)14(3)24-20(27)29-21(4,5)6/h7-14,18,25-26H,1-6H3,(H,24,27)/t14-,18?/m1/s1. The third-order valence-electron chi connectivity index (χ3n) is 3.89. The molecule has 8 heteroatoms. The van der Waals surface area contributed by atoms with Crippen molar-refractivity contribution in [3.63, 3.8) is 0 Å². The van der Waals surface area contributed by atoms with Gasteiger partial charge < -0.3 is 25.2 Å². The predicted octanol–water partition coefficient (Wildman–Crippen LogP) is 4.04. The van der Waals surface area contributed by atoms with Gasteiger partial charge in [0.2, 0.25) is 0 Å². The maximum atomic E-state index is 11.8. The Morgan fingerprint density at radius 2 is 1.79 bits per heavy atom. The fourth-order valence-electron chi connectivity index (χ4n) is 2.35. The second kappa shape index (κ2) is 9.56. The van der Waals surface area contributed by atoms with Gasteiger partial charge in [-0.2, -0.15) is 0 Å². The lowest BCUT2D eigenvalue weighted by Crippen LogP contribution is -2.46. The van der Waals surface area contributed by atoms with E-state index in [0.717, 1.165) is 5.56 Å². The number of hydrogen-bond acceptors (Lipinski definition) is 7. The Labute approximate surface area is 171 Å². The molecule has 1 aromatic heterocycles. The van der Waals surface area contributed by atoms with Crippen molar-refractivity contribution >= 4 is 11.8 Å². The molecule has 0 bridgehead atoms. The van der Waals surface area contributed by atoms with Gasteiger partial charge in [0.1, 0.15) is 17.6 Å². The number of carbonyl (C=O) groups is 1. The molecule has 0 aliphatic rings. The summed E-state index contributed by atoms with van der Waals surface area (Å²) in [6.07, 6.45) is 1.34. The maximum absolute atomic E-state index is 11.8. The molecule has 1 aromatic carbocycles. The number of aliphatic hydroxyl groups is 1. The molecule has 1 heterocycles. The Balaban J connectivity index is 1.91. The first-order chi connectivity index (χ1) is 13.5. The summed E-state index contributed by atoms with van der Waals surface area (Å²) in [7, 11) is 0. The van der Waals surface area contributed by atoms with E-state index in [0.29, 0.717) is 17.4 Å². The highest BCUT2D eigenvalue weighted by Gasteiger charge is 2.21. The van der Waals surface area contributed by atoms with Crippen LogP contribution in [0.25, 0.3) is 0 Å². The van der Waals surface area contributed by atoms with Crippen LogP contribution in [0.5, 0.6) is 11.8 Å². The first kappa shape index (κ1) is 22.4. The number of ether oxygens (including phenoxy) is 2. The quantitative estimate of drug-likeness (QED) is 0.600. The van der Waals surface area contributed by atoms with Gasteiger partial charge in [0, 0.05) is 0 Å². The van der Waals surface area contributed by atoms with Crippen molar-refractivity contribution in [3.05, 3.63) is 42.2 Å². The average molecular weight is 402 g/mol. The minimum atomic E-state index is -1.05. The van der Waals surface area contributed by atoms with Gasteiger partial charge in [-0.3, -0.25) is 0 Å². The van der Waals surface area contributed by atoms with Crippen LogP contribution in [0, 0.1) is 0 Å². The summed E-state index contributed by atoms with van der Waals surface area (Å²) in [5.41, 5.74) is 1.04. The topological polar surface area (TPSA) is 106 Å². The van der Waals surface area contributed by atoms with E-state index in [2.05, 4.69) is 34.4 Å². The van der Waals surface area contributed by atoms with Crippen LogP contribution in [0.4, 0.5) is 10.5 Å². The fraction of sp³-hybridized carbons (Fsp3) is 0.476. The molecule has 1 unspecified atom stereocenters. The highest BCUT2D eigenvalue weighted by atomic mass is 16.6. The number of anilines is 1. The molecular weight excluding hydrogens is 372 g/mol. The molecule has 2 atom stereocenters. The van der Waals surface area contributed by atoms with Crippen LogP contribution < -0.4 is 15.4 Å². The van der Waals surface area contributed by atoms with Gasteiger partial charge in [-0.05, 0) is 51.3 Å². The van der Waals surface area contributed by atoms with Gasteiger partial charge in [-0.25, -0.2) is 14.8 Å². The highest BCUT2D eigenvalue weighted by Crippen LogP contribution is 2.23. The zero-order chi connectivity index (χ0) is 21.6. The van der Waals surface area contributed by atoms with E-state index < -0.39 is 24.0 Å². The van der Waals surface area contributed by atoms with Crippen molar-refractivity contribution < 1.29 is 19.4 Å². The first-order valence-corrected chi connectivity index (χ1v) is 9.57. The lowest BCUT2D eigenvalue weighted by atomic mass is 10.0. The van der Waals surface area contributed by atoms with E-state index in [9.17, 15) is 9.90 Å². The van der Waals surface area contributed by atoms with Crippen LogP contribution in [0.2, 0.25) is 0 Å². The molecule has 158 valence electrons. The van der Waals surface area contributed by atoms with Crippen molar-refractivity contribution in [1.82, 2.24) is 15.3 Å². The lowest BCUT2D eigenvalue weighted by Gasteiger charge is -2.25. The number of benzene rings is 1. The highest BCUT2D eigenvalue weighted by molar-refractivity contribution is 5.68. The molecule has 2 aromatic rings. The molecule has 0 radical (unpaired) electrons. The zero-order valence-corrected chi connectivity index (χ0v) is 17.8. The van der Waals surface area contributed by atoms with Crippen LogP contribution in [-0.4, -0.2) is 39.0 Å². The molecule has 1 amide bonds. The Morgan fingerprint density at radius 1 is 1.14 bits per heavy atom. The molecule has 0 aliphatic heterocycles. The Hall–Kier alpha value is -2.87. The second-order valence-corrected chi connectivity index (χ2v) is 8.11. The predicted molar refractivity (Wildman–Crippen MR) is 111 cm³/mol. The molecular formula is C21H30N4O4. The summed E-state index contributed by atoms with van der Waals surface area (Å²) in [4.78, 5) is 20.1. The van der Waals surface area contributed by atoms with Crippen LogP contribution in [0.15, 0.2) is 36.7 Å². The van der Waals surface area contributed by atoms with Crippen molar-refractivity contribution in [1.29, 1.82) is 0 Å². The molecule has 2 rings (SSSR count). The summed E-state index contributed by atoms with van der Waals surface area (Å²) < 4.78 is 10.9. The first-order valence-electron chi connectivity index (χ1n) is 9.57. The van der Waals surface area contributed by atoms with Crippen LogP contribution in [-0.2, 0) is 4.74 Å². The monoisotopic (exact) mass is 402 g/mol. The van der Waals surface area contributed by atoms with E-state index >= 15 is 0 Å². The third-order valence-corrected chi connectivity index (χ3v) is 3.89. The van der Waals surface area contributed by atoms with Crippen LogP contribution in [0.1, 0.15) is 53.0 Å². The number of nitrogens with one attached hydrogen (secondary N) is 2. The van der Waals surface area contributed by atoms with E-state index in [1.165, 1.54) is 12.4 Å². The number of alkyl carbamates (subject to hydrolysis) is 1. The molecule has 0 saturated heterocycles. The summed E-state index contributed by atoms with van der Waals surface area (Å²) in [6, 6.07) is 7.36. The Bertz CT molecular complexity index is 803. The SMILES string of the molecule is CC(C)c1cccc(Oc2ncc(NC(O)[C@@H](C)NC(=O)OC(C)(C)C)cn2)c1. The number of amides is 1. The number of rotatable bonds is 7. The van der Waals surface area contributed by atoms with Gasteiger partial charge in [-0.15, -0.1) is 0 Å². The lowest BCUT2D eigenvalue weighted by molar-refractivity contribution is 0.0455. The molecule has 29 heavy (non-hydrogen) atoms. The summed E-state index contributed by atoms with van der Waals surface area (Å²) in [5, 5.41) is 15.6. The van der Waals surface area contributed by atoms with Crippen molar-refractivity contribution in [3.8, 4) is 11.8 Å². The summed E-state index contributed by atoms with van der Waals surface area (Å²) in [6.45, 7) is 11.2. The Kier molecular flexibility index (Phi) is 7.39. The molecule has 0 saturated carbocycles. The van der Waals surface area contributed by atoms with E-state index in [1.807, 2.05) is 24.3 Å². The van der Waals surface area contributed by atoms with Crippen molar-refractivity contribution in [2.24, 2.45) is 0 Å². The largest absolute Gasteiger partial charge is 0.444 e. The molecule has 3 N–H and O–H groups in total. The number of aromatic nitrogens is 2. The van der Waals surface area contributed by atoms with E-state index in [4.69, 9.17) is 9.47 Å². The third kappa shape index (κ3) is 7.57. The van der Waals surface area contributed by atoms with Crippen LogP contribution >= 0.6 is 0 Å². The minimum absolute atomic E-state index is 0.200. The van der Waals surface area contributed by atoms with E-state index in [-0.39, 0.29) is 6.01 Å². The van der Waals surface area contributed by atoms with E-state index in [1.54, 1.807) is 27.7 Å². The van der Waals surface area contributed by atoms with Crippen molar-refractivity contribution in [2.45, 2.75) is 65.3 Å². The number of carbonyl (C=O) groups excluding carboxylic acids is 1. The van der Waals surface area contributed by atoms with Gasteiger partial charge in [0.05, 0.1) is 24.1 Å². The summed E-state index contributed by atoms with van der Waals surface area (Å²) >= 11 is 0. The molecule has 8 nitrogen and oxygen atoms in total. The van der Waals surface area contributed by atoms with Crippen molar-refractivity contribution in [2.75, 3.05) is 5.32 Å². The van der Waals surface area contributed by atoms with Gasteiger partial charge in [0.15, 0.2) is 0 Å².